The van der Waals surface area contributed by atoms with Crippen LogP contribution in [0.1, 0.15) is 11.1 Å². The first-order valence-electron chi connectivity index (χ1n) is 8.49. The summed E-state index contributed by atoms with van der Waals surface area (Å²) >= 11 is 0. The molecule has 1 fully saturated rings. The van der Waals surface area contributed by atoms with Crippen molar-refractivity contribution in [3.63, 3.8) is 0 Å². The number of carbonyl (C=O) groups is 1. The lowest BCUT2D eigenvalue weighted by Gasteiger charge is -2.36. The van der Waals surface area contributed by atoms with E-state index in [-0.39, 0.29) is 12.5 Å². The molecular weight excluding hydrogens is 312 g/mol. The van der Waals surface area contributed by atoms with Gasteiger partial charge in [0.2, 0.25) is 5.91 Å². The van der Waals surface area contributed by atoms with Crippen molar-refractivity contribution >= 4 is 17.3 Å². The van der Waals surface area contributed by atoms with E-state index in [1.165, 1.54) is 11.3 Å². The molecule has 0 aliphatic carbocycles. The number of aryl methyl sites for hydroxylation is 1. The fourth-order valence-electron chi connectivity index (χ4n) is 2.99. The molecule has 5 heteroatoms. The van der Waals surface area contributed by atoms with E-state index in [1.807, 2.05) is 17.0 Å². The van der Waals surface area contributed by atoms with E-state index < -0.39 is 0 Å². The lowest BCUT2D eigenvalue weighted by atomic mass is 10.2. The van der Waals surface area contributed by atoms with Crippen molar-refractivity contribution in [1.82, 2.24) is 4.90 Å². The van der Waals surface area contributed by atoms with Gasteiger partial charge in [-0.25, -0.2) is 0 Å². The second kappa shape index (κ2) is 7.71. The van der Waals surface area contributed by atoms with Gasteiger partial charge in [-0.3, -0.25) is 4.79 Å². The van der Waals surface area contributed by atoms with Gasteiger partial charge in [-0.2, -0.15) is 5.26 Å². The number of rotatable bonds is 4. The van der Waals surface area contributed by atoms with Crippen LogP contribution in [0.3, 0.4) is 0 Å². The average Bonchev–Trinajstić information content (AvgIpc) is 2.66. The Bertz CT molecular complexity index is 771. The molecule has 0 spiro atoms. The number of nitrogens with one attached hydrogen (secondary N) is 1. The number of benzene rings is 2. The van der Waals surface area contributed by atoms with Crippen LogP contribution in [0.5, 0.6) is 0 Å². The zero-order valence-corrected chi connectivity index (χ0v) is 14.4. The van der Waals surface area contributed by atoms with Crippen LogP contribution in [-0.2, 0) is 4.79 Å². The summed E-state index contributed by atoms with van der Waals surface area (Å²) in [6, 6.07) is 17.7. The van der Waals surface area contributed by atoms with Gasteiger partial charge < -0.3 is 15.1 Å². The Morgan fingerprint density at radius 2 is 1.84 bits per heavy atom. The fraction of sp³-hybridized carbons (Fsp3) is 0.300. The summed E-state index contributed by atoms with van der Waals surface area (Å²) in [6.45, 7) is 5.55. The summed E-state index contributed by atoms with van der Waals surface area (Å²) in [4.78, 5) is 16.6. The molecule has 1 heterocycles. The SMILES string of the molecule is Cc1cccc(N2CCN(C(=O)CNc3ccc(C#N)cc3)CC2)c1. The van der Waals surface area contributed by atoms with Gasteiger partial charge in [0.1, 0.15) is 0 Å². The molecule has 1 amide bonds. The first kappa shape index (κ1) is 16.8. The van der Waals surface area contributed by atoms with Crippen LogP contribution in [0.4, 0.5) is 11.4 Å². The molecule has 0 unspecified atom stereocenters. The predicted octanol–water partition coefficient (Wildman–Crippen LogP) is 2.63. The first-order valence-corrected chi connectivity index (χ1v) is 8.49. The topological polar surface area (TPSA) is 59.4 Å². The minimum atomic E-state index is 0.105. The highest BCUT2D eigenvalue weighted by Gasteiger charge is 2.21. The second-order valence-electron chi connectivity index (χ2n) is 6.25. The highest BCUT2D eigenvalue weighted by molar-refractivity contribution is 5.81. The molecule has 0 bridgehead atoms. The number of anilines is 2. The Morgan fingerprint density at radius 1 is 1.12 bits per heavy atom. The smallest absolute Gasteiger partial charge is 0.241 e. The number of nitrogens with zero attached hydrogens (tertiary/aromatic N) is 3. The fourth-order valence-corrected chi connectivity index (χ4v) is 2.99. The monoisotopic (exact) mass is 334 g/mol. The summed E-state index contributed by atoms with van der Waals surface area (Å²) < 4.78 is 0. The van der Waals surface area contributed by atoms with Gasteiger partial charge in [-0.1, -0.05) is 12.1 Å². The van der Waals surface area contributed by atoms with E-state index in [0.29, 0.717) is 5.56 Å². The summed E-state index contributed by atoms with van der Waals surface area (Å²) in [5.41, 5.74) is 3.94. The average molecular weight is 334 g/mol. The van der Waals surface area contributed by atoms with E-state index in [0.717, 1.165) is 31.9 Å². The largest absolute Gasteiger partial charge is 0.376 e. The van der Waals surface area contributed by atoms with E-state index in [9.17, 15) is 4.79 Å². The maximum Gasteiger partial charge on any atom is 0.241 e. The maximum absolute atomic E-state index is 12.4. The van der Waals surface area contributed by atoms with Crippen molar-refractivity contribution in [2.45, 2.75) is 6.92 Å². The molecule has 5 nitrogen and oxygen atoms in total. The van der Waals surface area contributed by atoms with Crippen LogP contribution < -0.4 is 10.2 Å². The lowest BCUT2D eigenvalue weighted by molar-refractivity contribution is -0.129. The van der Waals surface area contributed by atoms with Crippen molar-refractivity contribution in [3.8, 4) is 6.07 Å². The van der Waals surface area contributed by atoms with Crippen LogP contribution >= 0.6 is 0 Å². The lowest BCUT2D eigenvalue weighted by Crippen LogP contribution is -2.50. The number of piperazine rings is 1. The highest BCUT2D eigenvalue weighted by Crippen LogP contribution is 2.18. The molecule has 1 N–H and O–H groups in total. The van der Waals surface area contributed by atoms with Gasteiger partial charge in [-0.15, -0.1) is 0 Å². The van der Waals surface area contributed by atoms with E-state index >= 15 is 0 Å². The highest BCUT2D eigenvalue weighted by atomic mass is 16.2. The molecule has 128 valence electrons. The Hall–Kier alpha value is -3.00. The molecule has 0 aromatic heterocycles. The van der Waals surface area contributed by atoms with E-state index in [2.05, 4.69) is 47.5 Å². The third-order valence-electron chi connectivity index (χ3n) is 4.46. The van der Waals surface area contributed by atoms with Crippen molar-refractivity contribution in [2.24, 2.45) is 0 Å². The van der Waals surface area contributed by atoms with Gasteiger partial charge in [0.15, 0.2) is 0 Å². The number of carbonyl (C=O) groups excluding carboxylic acids is 1. The van der Waals surface area contributed by atoms with Crippen LogP contribution in [0.2, 0.25) is 0 Å². The van der Waals surface area contributed by atoms with Crippen molar-refractivity contribution in [1.29, 1.82) is 5.26 Å². The van der Waals surface area contributed by atoms with Crippen molar-refractivity contribution in [3.05, 3.63) is 59.7 Å². The van der Waals surface area contributed by atoms with Crippen LogP contribution in [0.25, 0.3) is 0 Å². The van der Waals surface area contributed by atoms with E-state index in [1.54, 1.807) is 12.1 Å². The van der Waals surface area contributed by atoms with Crippen LogP contribution in [0, 0.1) is 18.3 Å². The number of nitriles is 1. The normalized spacial score (nSPS) is 14.1. The third-order valence-corrected chi connectivity index (χ3v) is 4.46. The van der Waals surface area contributed by atoms with Gasteiger partial charge in [0, 0.05) is 37.6 Å². The van der Waals surface area contributed by atoms with Gasteiger partial charge in [0.05, 0.1) is 18.2 Å². The van der Waals surface area contributed by atoms with Crippen molar-refractivity contribution < 1.29 is 4.79 Å². The van der Waals surface area contributed by atoms with Gasteiger partial charge >= 0.3 is 0 Å². The molecule has 3 rings (SSSR count). The Labute approximate surface area is 148 Å². The molecule has 1 aliphatic heterocycles. The molecule has 2 aromatic rings. The second-order valence-corrected chi connectivity index (χ2v) is 6.25. The molecule has 0 saturated carbocycles. The molecule has 0 atom stereocenters. The molecule has 0 radical (unpaired) electrons. The van der Waals surface area contributed by atoms with Crippen molar-refractivity contribution in [2.75, 3.05) is 42.9 Å². The summed E-state index contributed by atoms with van der Waals surface area (Å²) in [7, 11) is 0. The summed E-state index contributed by atoms with van der Waals surface area (Å²) in [6.07, 6.45) is 0. The minimum absolute atomic E-state index is 0.105. The number of hydrogen-bond donors (Lipinski definition) is 1. The van der Waals surface area contributed by atoms with Gasteiger partial charge in [0.25, 0.3) is 0 Å². The molecule has 2 aromatic carbocycles. The molecule has 25 heavy (non-hydrogen) atoms. The van der Waals surface area contributed by atoms with Gasteiger partial charge in [-0.05, 0) is 48.9 Å². The summed E-state index contributed by atoms with van der Waals surface area (Å²) in [5, 5.41) is 11.9. The molecule has 1 aliphatic rings. The Morgan fingerprint density at radius 3 is 2.48 bits per heavy atom. The Balaban J connectivity index is 1.49. The van der Waals surface area contributed by atoms with E-state index in [4.69, 9.17) is 5.26 Å². The number of hydrogen-bond acceptors (Lipinski definition) is 4. The maximum atomic E-state index is 12.4. The van der Waals surface area contributed by atoms with Crippen LogP contribution in [-0.4, -0.2) is 43.5 Å². The Kier molecular flexibility index (Phi) is 5.20. The zero-order chi connectivity index (χ0) is 17.6. The zero-order valence-electron chi connectivity index (χ0n) is 14.4. The standard InChI is InChI=1S/C20H22N4O/c1-16-3-2-4-19(13-16)23-9-11-24(12-10-23)20(25)15-22-18-7-5-17(14-21)6-8-18/h2-8,13,22H,9-12,15H2,1H3. The first-order chi connectivity index (χ1) is 12.2. The summed E-state index contributed by atoms with van der Waals surface area (Å²) in [5.74, 6) is 0.105. The minimum Gasteiger partial charge on any atom is -0.376 e. The molecular formula is C20H22N4O. The van der Waals surface area contributed by atoms with Crippen LogP contribution in [0.15, 0.2) is 48.5 Å². The third kappa shape index (κ3) is 4.30. The quantitative estimate of drug-likeness (QED) is 0.934. The predicted molar refractivity (Wildman–Crippen MR) is 99.6 cm³/mol. The molecule has 1 saturated heterocycles. The number of amides is 1.